The summed E-state index contributed by atoms with van der Waals surface area (Å²) in [6, 6.07) is 11.2. The van der Waals surface area contributed by atoms with E-state index in [9.17, 15) is 9.59 Å². The summed E-state index contributed by atoms with van der Waals surface area (Å²) in [6.07, 6.45) is 0.519. The Bertz CT molecular complexity index is 666. The lowest BCUT2D eigenvalue weighted by Crippen LogP contribution is -2.27. The molecular weight excluding hydrogens is 322 g/mol. The molecule has 0 aliphatic carbocycles. The monoisotopic (exact) mass is 337 g/mol. The van der Waals surface area contributed by atoms with E-state index in [1.54, 1.807) is 18.0 Å². The largest absolute Gasteiger partial charge is 0.481 e. The number of nitrogens with zero attached hydrogens (tertiary/aromatic N) is 1. The molecule has 1 N–H and O–H groups in total. The number of rotatable bonds is 6. The second-order valence-corrected chi connectivity index (χ2v) is 6.42. The lowest BCUT2D eigenvalue weighted by molar-refractivity contribution is -0.137. The highest BCUT2D eigenvalue weighted by Gasteiger charge is 2.15. The molecule has 22 heavy (non-hydrogen) atoms. The number of halogens is 1. The highest BCUT2D eigenvalue weighted by molar-refractivity contribution is 7.17. The molecule has 0 aliphatic heterocycles. The number of benzene rings is 1. The molecule has 0 atom stereocenters. The summed E-state index contributed by atoms with van der Waals surface area (Å²) in [4.78, 5) is 26.0. The first-order chi connectivity index (χ1) is 10.5. The van der Waals surface area contributed by atoms with Gasteiger partial charge in [-0.2, -0.15) is 0 Å². The minimum Gasteiger partial charge on any atom is -0.481 e. The van der Waals surface area contributed by atoms with E-state index in [2.05, 4.69) is 0 Å². The molecule has 6 heteroatoms. The summed E-state index contributed by atoms with van der Waals surface area (Å²) in [5, 5.41) is 9.30. The molecule has 0 unspecified atom stereocenters. The quantitative estimate of drug-likeness (QED) is 0.866. The van der Waals surface area contributed by atoms with Crippen molar-refractivity contribution in [2.45, 2.75) is 12.8 Å². The molecule has 2 rings (SSSR count). The summed E-state index contributed by atoms with van der Waals surface area (Å²) >= 11 is 7.29. The highest BCUT2D eigenvalue weighted by atomic mass is 35.5. The lowest BCUT2D eigenvalue weighted by atomic mass is 10.2. The molecular formula is C16H16ClNO3S. The normalized spacial score (nSPS) is 10.5. The van der Waals surface area contributed by atoms with Crippen LogP contribution in [0.25, 0.3) is 10.4 Å². The Morgan fingerprint density at radius 1 is 1.18 bits per heavy atom. The third-order valence-corrected chi connectivity index (χ3v) is 4.55. The van der Waals surface area contributed by atoms with Crippen molar-refractivity contribution in [3.63, 3.8) is 0 Å². The van der Waals surface area contributed by atoms with Crippen molar-refractivity contribution in [2.24, 2.45) is 0 Å². The number of aliphatic carboxylic acids is 1. The molecule has 2 aromatic rings. The highest BCUT2D eigenvalue weighted by Crippen LogP contribution is 2.29. The number of carboxylic acids is 1. The minimum atomic E-state index is -0.845. The third kappa shape index (κ3) is 4.32. The summed E-state index contributed by atoms with van der Waals surface area (Å²) in [6.45, 7) is 0.430. The minimum absolute atomic E-state index is 0.0675. The van der Waals surface area contributed by atoms with Gasteiger partial charge in [0.25, 0.3) is 5.91 Å². The molecule has 0 saturated carbocycles. The van der Waals surface area contributed by atoms with Crippen LogP contribution in [0, 0.1) is 0 Å². The van der Waals surface area contributed by atoms with Gasteiger partial charge in [0.05, 0.1) is 4.88 Å². The summed E-state index contributed by atoms with van der Waals surface area (Å²) in [5.41, 5.74) is 1.02. The van der Waals surface area contributed by atoms with Crippen LogP contribution < -0.4 is 0 Å². The Balaban J connectivity index is 2.02. The van der Waals surface area contributed by atoms with E-state index < -0.39 is 5.97 Å². The van der Waals surface area contributed by atoms with E-state index in [-0.39, 0.29) is 12.3 Å². The number of hydrogen-bond acceptors (Lipinski definition) is 3. The van der Waals surface area contributed by atoms with E-state index >= 15 is 0 Å². The van der Waals surface area contributed by atoms with Crippen molar-refractivity contribution in [3.05, 3.63) is 46.3 Å². The van der Waals surface area contributed by atoms with Gasteiger partial charge in [0.15, 0.2) is 0 Å². The average molecular weight is 338 g/mol. The Morgan fingerprint density at radius 3 is 2.50 bits per heavy atom. The van der Waals surface area contributed by atoms with Crippen LogP contribution in [0.1, 0.15) is 22.5 Å². The molecule has 1 aromatic carbocycles. The zero-order valence-electron chi connectivity index (χ0n) is 12.1. The molecule has 1 heterocycles. The van der Waals surface area contributed by atoms with E-state index in [4.69, 9.17) is 16.7 Å². The molecule has 0 spiro atoms. The van der Waals surface area contributed by atoms with E-state index in [0.717, 1.165) is 10.4 Å². The van der Waals surface area contributed by atoms with Gasteiger partial charge in [-0.1, -0.05) is 23.7 Å². The molecule has 1 aromatic heterocycles. The molecule has 0 saturated heterocycles. The summed E-state index contributed by atoms with van der Waals surface area (Å²) in [7, 11) is 1.69. The molecule has 0 aliphatic rings. The fourth-order valence-electron chi connectivity index (χ4n) is 1.98. The van der Waals surface area contributed by atoms with Gasteiger partial charge >= 0.3 is 5.97 Å². The van der Waals surface area contributed by atoms with Gasteiger partial charge in [-0.05, 0) is 36.2 Å². The van der Waals surface area contributed by atoms with Crippen LogP contribution in [0.2, 0.25) is 5.02 Å². The smallest absolute Gasteiger partial charge is 0.303 e. The van der Waals surface area contributed by atoms with E-state index in [1.807, 2.05) is 30.3 Å². The predicted octanol–water partition coefficient (Wildman–Crippen LogP) is 4.01. The van der Waals surface area contributed by atoms with Crippen molar-refractivity contribution < 1.29 is 14.7 Å². The maximum atomic E-state index is 12.3. The Morgan fingerprint density at radius 2 is 1.86 bits per heavy atom. The van der Waals surface area contributed by atoms with Gasteiger partial charge in [-0.15, -0.1) is 11.3 Å². The zero-order valence-corrected chi connectivity index (χ0v) is 13.7. The second-order valence-electron chi connectivity index (χ2n) is 4.89. The summed E-state index contributed by atoms with van der Waals surface area (Å²) in [5.74, 6) is -0.933. The first-order valence-electron chi connectivity index (χ1n) is 6.80. The number of carboxylic acid groups (broad SMARTS) is 1. The van der Waals surface area contributed by atoms with Gasteiger partial charge in [0, 0.05) is 29.9 Å². The van der Waals surface area contributed by atoms with Crippen molar-refractivity contribution in [3.8, 4) is 10.4 Å². The predicted molar refractivity (Wildman–Crippen MR) is 88.6 cm³/mol. The van der Waals surface area contributed by atoms with Crippen LogP contribution in [0.4, 0.5) is 0 Å². The van der Waals surface area contributed by atoms with Gasteiger partial charge in [-0.25, -0.2) is 0 Å². The van der Waals surface area contributed by atoms with Gasteiger partial charge < -0.3 is 10.0 Å². The first-order valence-corrected chi connectivity index (χ1v) is 8.00. The topological polar surface area (TPSA) is 57.6 Å². The zero-order chi connectivity index (χ0) is 16.1. The van der Waals surface area contributed by atoms with Crippen LogP contribution in [-0.4, -0.2) is 35.5 Å². The molecule has 1 amide bonds. The first kappa shape index (κ1) is 16.5. The molecule has 0 fully saturated rings. The number of carbonyl (C=O) groups is 2. The second kappa shape index (κ2) is 7.42. The van der Waals surface area contributed by atoms with Crippen molar-refractivity contribution in [1.82, 2.24) is 4.90 Å². The SMILES string of the molecule is CN(CCCC(=O)O)C(=O)c1ccc(-c2ccc(Cl)cc2)s1. The molecule has 0 bridgehead atoms. The number of thiophene rings is 1. The van der Waals surface area contributed by atoms with Crippen LogP contribution in [0.5, 0.6) is 0 Å². The van der Waals surface area contributed by atoms with Crippen LogP contribution in [0.3, 0.4) is 0 Å². The Labute approximate surface area is 137 Å². The van der Waals surface area contributed by atoms with Crippen LogP contribution in [-0.2, 0) is 4.79 Å². The number of hydrogen-bond donors (Lipinski definition) is 1. The van der Waals surface area contributed by atoms with Crippen LogP contribution in [0.15, 0.2) is 36.4 Å². The average Bonchev–Trinajstić information content (AvgIpc) is 2.96. The number of carbonyl (C=O) groups excluding carboxylic acids is 1. The fourth-order valence-corrected chi connectivity index (χ4v) is 3.11. The van der Waals surface area contributed by atoms with Crippen LogP contribution >= 0.6 is 22.9 Å². The molecule has 116 valence electrons. The fraction of sp³-hybridized carbons (Fsp3) is 0.250. The standard InChI is InChI=1S/C16H16ClNO3S/c1-18(10-2-3-15(19)20)16(21)14-9-8-13(22-14)11-4-6-12(17)7-5-11/h4-9H,2-3,10H2,1H3,(H,19,20). The van der Waals surface area contributed by atoms with Gasteiger partial charge in [0.2, 0.25) is 0 Å². The maximum absolute atomic E-state index is 12.3. The third-order valence-electron chi connectivity index (χ3n) is 3.18. The van der Waals surface area contributed by atoms with Gasteiger partial charge in [-0.3, -0.25) is 9.59 Å². The van der Waals surface area contributed by atoms with Crippen molar-refractivity contribution in [1.29, 1.82) is 0 Å². The molecule has 0 radical (unpaired) electrons. The molecule has 4 nitrogen and oxygen atoms in total. The van der Waals surface area contributed by atoms with Crippen molar-refractivity contribution >= 4 is 34.8 Å². The van der Waals surface area contributed by atoms with Gasteiger partial charge in [0.1, 0.15) is 0 Å². The van der Waals surface area contributed by atoms with Crippen molar-refractivity contribution in [2.75, 3.05) is 13.6 Å². The maximum Gasteiger partial charge on any atom is 0.303 e. The van der Waals surface area contributed by atoms with E-state index in [0.29, 0.717) is 22.9 Å². The summed E-state index contributed by atoms with van der Waals surface area (Å²) < 4.78 is 0. The Hall–Kier alpha value is -1.85. The van der Waals surface area contributed by atoms with E-state index in [1.165, 1.54) is 11.3 Å². The lowest BCUT2D eigenvalue weighted by Gasteiger charge is -2.15. The number of amides is 1. The Kier molecular flexibility index (Phi) is 5.57.